The highest BCUT2D eigenvalue weighted by molar-refractivity contribution is 5.82. The van der Waals surface area contributed by atoms with Crippen LogP contribution in [0.2, 0.25) is 0 Å². The third-order valence-corrected chi connectivity index (χ3v) is 5.31. The van der Waals surface area contributed by atoms with E-state index in [2.05, 4.69) is 48.3 Å². The smallest absolute Gasteiger partial charge is 0.136 e. The summed E-state index contributed by atoms with van der Waals surface area (Å²) in [6.45, 7) is 9.64. The second-order valence-corrected chi connectivity index (χ2v) is 7.63. The lowest BCUT2D eigenvalue weighted by Gasteiger charge is -2.41. The Bertz CT molecular complexity index is 756. The first kappa shape index (κ1) is 16.9. The van der Waals surface area contributed by atoms with Gasteiger partial charge in [-0.15, -0.1) is 0 Å². The van der Waals surface area contributed by atoms with Crippen LogP contribution in [0.25, 0.3) is 0 Å². The third kappa shape index (κ3) is 2.69. The van der Waals surface area contributed by atoms with Crippen molar-refractivity contribution in [2.24, 2.45) is 5.92 Å². The normalized spacial score (nSPS) is 26.5. The number of H-pyrrole nitrogens is 1. The molecule has 0 radical (unpaired) electrons. The number of aromatic nitrogens is 2. The lowest BCUT2D eigenvalue weighted by atomic mass is 9.64. The van der Waals surface area contributed by atoms with E-state index in [0.717, 1.165) is 22.5 Å². The second kappa shape index (κ2) is 5.85. The number of hydrogen-bond donors (Lipinski definition) is 2. The van der Waals surface area contributed by atoms with Crippen molar-refractivity contribution in [3.63, 3.8) is 0 Å². The van der Waals surface area contributed by atoms with Gasteiger partial charge in [0.2, 0.25) is 0 Å². The quantitative estimate of drug-likeness (QED) is 0.907. The van der Waals surface area contributed by atoms with E-state index in [1.54, 1.807) is 13.8 Å². The second-order valence-electron chi connectivity index (χ2n) is 7.63. The van der Waals surface area contributed by atoms with Crippen LogP contribution >= 0.6 is 0 Å². The maximum absolute atomic E-state index is 12.4. The predicted molar refractivity (Wildman–Crippen MR) is 94.2 cm³/mol. The first-order valence-electron chi connectivity index (χ1n) is 8.58. The van der Waals surface area contributed by atoms with Gasteiger partial charge in [-0.2, -0.15) is 5.10 Å². The summed E-state index contributed by atoms with van der Waals surface area (Å²) in [4.78, 5) is 12.4. The Morgan fingerprint density at radius 3 is 2.50 bits per heavy atom. The van der Waals surface area contributed by atoms with E-state index in [1.807, 2.05) is 6.92 Å². The molecule has 2 N–H and O–H groups in total. The Morgan fingerprint density at radius 1 is 1.33 bits per heavy atom. The van der Waals surface area contributed by atoms with E-state index in [4.69, 9.17) is 0 Å². The number of carbonyl (C=O) groups is 1. The first-order chi connectivity index (χ1) is 11.2. The van der Waals surface area contributed by atoms with Crippen LogP contribution in [0, 0.1) is 12.8 Å². The molecule has 0 amide bonds. The number of aliphatic hydroxyl groups is 1. The van der Waals surface area contributed by atoms with Crippen LogP contribution in [0.1, 0.15) is 67.6 Å². The number of ketones is 1. The van der Waals surface area contributed by atoms with Crippen molar-refractivity contribution < 1.29 is 9.90 Å². The molecule has 1 aliphatic carbocycles. The highest BCUT2D eigenvalue weighted by Crippen LogP contribution is 2.46. The Hall–Kier alpha value is -1.94. The lowest BCUT2D eigenvalue weighted by Crippen LogP contribution is -2.48. The van der Waals surface area contributed by atoms with Gasteiger partial charge >= 0.3 is 0 Å². The van der Waals surface area contributed by atoms with Gasteiger partial charge in [-0.25, -0.2) is 0 Å². The van der Waals surface area contributed by atoms with Crippen LogP contribution < -0.4 is 0 Å². The molecule has 0 bridgehead atoms. The van der Waals surface area contributed by atoms with Crippen LogP contribution in [0.5, 0.6) is 0 Å². The standard InChI is InChI=1S/C20H26N2O2/c1-11(2)14-6-8-15(9-7-14)18-17-12(3)21-22-16(17)10-20(5,24)19(18)13(4)23/h6-9,11,18-19,24H,10H2,1-5H3,(H,21,22)/t18-,19+,20+/m1/s1. The summed E-state index contributed by atoms with van der Waals surface area (Å²) < 4.78 is 0. The molecule has 0 saturated heterocycles. The molecule has 1 aromatic heterocycles. The monoisotopic (exact) mass is 326 g/mol. The Labute approximate surface area is 143 Å². The van der Waals surface area contributed by atoms with Gasteiger partial charge in [0.05, 0.1) is 17.2 Å². The summed E-state index contributed by atoms with van der Waals surface area (Å²) in [7, 11) is 0. The molecule has 0 spiro atoms. The van der Waals surface area contributed by atoms with Gasteiger partial charge in [0, 0.05) is 23.6 Å². The molecule has 3 atom stereocenters. The molecule has 0 aliphatic heterocycles. The topological polar surface area (TPSA) is 66.0 Å². The molecule has 1 aliphatic rings. The fourth-order valence-electron chi connectivity index (χ4n) is 4.13. The summed E-state index contributed by atoms with van der Waals surface area (Å²) in [6.07, 6.45) is 0.400. The Balaban J connectivity index is 2.17. The largest absolute Gasteiger partial charge is 0.389 e. The number of carbonyl (C=O) groups excluding carboxylic acids is 1. The fraction of sp³-hybridized carbons (Fsp3) is 0.500. The molecule has 4 heteroatoms. The Kier molecular flexibility index (Phi) is 4.12. The van der Waals surface area contributed by atoms with E-state index >= 15 is 0 Å². The van der Waals surface area contributed by atoms with Gasteiger partial charge in [-0.3, -0.25) is 9.89 Å². The average Bonchev–Trinajstić information content (AvgIpc) is 2.85. The zero-order chi connectivity index (χ0) is 17.6. The number of nitrogens with zero attached hydrogens (tertiary/aromatic N) is 1. The van der Waals surface area contributed by atoms with E-state index < -0.39 is 11.5 Å². The summed E-state index contributed by atoms with van der Waals surface area (Å²) in [5.41, 5.74) is 4.15. The SMILES string of the molecule is CC(=O)[C@H]1[C@H](c2ccc(C(C)C)cc2)c2c(n[nH]c2C)C[C@]1(C)O. The van der Waals surface area contributed by atoms with Gasteiger partial charge in [-0.1, -0.05) is 38.1 Å². The number of benzene rings is 1. The highest BCUT2D eigenvalue weighted by Gasteiger charge is 2.48. The van der Waals surface area contributed by atoms with Crippen molar-refractivity contribution >= 4 is 5.78 Å². The van der Waals surface area contributed by atoms with Gasteiger partial charge in [0.25, 0.3) is 0 Å². The number of Topliss-reactive ketones (excluding diaryl/α,β-unsaturated/α-hetero) is 1. The third-order valence-electron chi connectivity index (χ3n) is 5.31. The van der Waals surface area contributed by atoms with Gasteiger partial charge in [0.15, 0.2) is 0 Å². The number of aryl methyl sites for hydroxylation is 1. The average molecular weight is 326 g/mol. The molecule has 1 heterocycles. The van der Waals surface area contributed by atoms with Crippen LogP contribution in [-0.4, -0.2) is 26.7 Å². The van der Waals surface area contributed by atoms with E-state index in [9.17, 15) is 9.90 Å². The zero-order valence-corrected chi connectivity index (χ0v) is 15.1. The summed E-state index contributed by atoms with van der Waals surface area (Å²) in [5.74, 6) is -0.153. The van der Waals surface area contributed by atoms with Gasteiger partial charge in [0.1, 0.15) is 5.78 Å². The molecule has 2 aromatic rings. The maximum atomic E-state index is 12.4. The fourth-order valence-corrected chi connectivity index (χ4v) is 4.13. The predicted octanol–water partition coefficient (Wildman–Crippen LogP) is 3.49. The summed E-state index contributed by atoms with van der Waals surface area (Å²) >= 11 is 0. The van der Waals surface area contributed by atoms with Crippen LogP contribution in [0.4, 0.5) is 0 Å². The van der Waals surface area contributed by atoms with Crippen molar-refractivity contribution in [2.75, 3.05) is 0 Å². The van der Waals surface area contributed by atoms with E-state index in [0.29, 0.717) is 12.3 Å². The minimum Gasteiger partial charge on any atom is -0.389 e. The molecule has 24 heavy (non-hydrogen) atoms. The van der Waals surface area contributed by atoms with Gasteiger partial charge in [-0.05, 0) is 37.8 Å². The number of nitrogens with one attached hydrogen (secondary N) is 1. The van der Waals surface area contributed by atoms with Crippen molar-refractivity contribution in [3.05, 3.63) is 52.3 Å². The molecule has 0 saturated carbocycles. The van der Waals surface area contributed by atoms with E-state index in [-0.39, 0.29) is 11.7 Å². The molecule has 0 unspecified atom stereocenters. The van der Waals surface area contributed by atoms with Crippen LogP contribution in [0.3, 0.4) is 0 Å². The van der Waals surface area contributed by atoms with Crippen molar-refractivity contribution in [1.82, 2.24) is 10.2 Å². The molecule has 4 nitrogen and oxygen atoms in total. The lowest BCUT2D eigenvalue weighted by molar-refractivity contribution is -0.130. The number of aromatic amines is 1. The highest BCUT2D eigenvalue weighted by atomic mass is 16.3. The summed E-state index contributed by atoms with van der Waals surface area (Å²) in [5, 5.41) is 18.4. The minimum absolute atomic E-state index is 0.0178. The first-order valence-corrected chi connectivity index (χ1v) is 8.58. The van der Waals surface area contributed by atoms with Gasteiger partial charge < -0.3 is 5.11 Å². The van der Waals surface area contributed by atoms with E-state index in [1.165, 1.54) is 5.56 Å². The molecule has 128 valence electrons. The molecule has 3 rings (SSSR count). The van der Waals surface area contributed by atoms with Crippen LogP contribution in [-0.2, 0) is 11.2 Å². The number of hydrogen-bond acceptors (Lipinski definition) is 3. The number of fused-ring (bicyclic) bond motifs is 1. The van der Waals surface area contributed by atoms with Crippen molar-refractivity contribution in [3.8, 4) is 0 Å². The molecular formula is C20H26N2O2. The molecular weight excluding hydrogens is 300 g/mol. The maximum Gasteiger partial charge on any atom is 0.136 e. The van der Waals surface area contributed by atoms with Crippen molar-refractivity contribution in [1.29, 1.82) is 0 Å². The van der Waals surface area contributed by atoms with Crippen LogP contribution in [0.15, 0.2) is 24.3 Å². The molecule has 1 aromatic carbocycles. The molecule has 0 fully saturated rings. The van der Waals surface area contributed by atoms with Crippen molar-refractivity contribution in [2.45, 2.75) is 58.5 Å². The minimum atomic E-state index is -1.10. The number of rotatable bonds is 3. The Morgan fingerprint density at radius 2 is 1.96 bits per heavy atom. The zero-order valence-electron chi connectivity index (χ0n) is 15.1. The summed E-state index contributed by atoms with van der Waals surface area (Å²) in [6, 6.07) is 8.42.